The molecule has 2 aromatic rings. The maximum absolute atomic E-state index is 11.3. The second-order valence-corrected chi connectivity index (χ2v) is 5.84. The van der Waals surface area contributed by atoms with Gasteiger partial charge in [-0.3, -0.25) is 0 Å². The van der Waals surface area contributed by atoms with Gasteiger partial charge in [-0.1, -0.05) is 24.3 Å². The standard InChI is InChI=1S/C13H14O4S/c1-8-9(2)12(14)13(17-18(3,15)16)11-7-5-4-6-10(8)11/h4-7,14H,1-3H3. The summed E-state index contributed by atoms with van der Waals surface area (Å²) in [7, 11) is -3.68. The lowest BCUT2D eigenvalue weighted by Gasteiger charge is -2.14. The molecule has 5 heteroatoms. The summed E-state index contributed by atoms with van der Waals surface area (Å²) in [6.07, 6.45) is 0.955. The van der Waals surface area contributed by atoms with E-state index < -0.39 is 10.1 Å². The number of phenolic OH excluding ortho intramolecular Hbond substituents is 1. The van der Waals surface area contributed by atoms with E-state index in [0.29, 0.717) is 10.9 Å². The van der Waals surface area contributed by atoms with Gasteiger partial charge in [-0.05, 0) is 30.4 Å². The number of fused-ring (bicyclic) bond motifs is 1. The highest BCUT2D eigenvalue weighted by molar-refractivity contribution is 7.86. The summed E-state index contributed by atoms with van der Waals surface area (Å²) < 4.78 is 27.4. The van der Waals surface area contributed by atoms with Crippen LogP contribution in [0.1, 0.15) is 11.1 Å². The first-order valence-electron chi connectivity index (χ1n) is 5.41. The molecule has 4 nitrogen and oxygen atoms in total. The molecule has 0 aromatic heterocycles. The van der Waals surface area contributed by atoms with Gasteiger partial charge in [0.1, 0.15) is 0 Å². The number of phenols is 1. The molecule has 0 bridgehead atoms. The van der Waals surface area contributed by atoms with E-state index in [0.717, 1.165) is 17.2 Å². The number of aromatic hydroxyl groups is 1. The Hall–Kier alpha value is -1.75. The van der Waals surface area contributed by atoms with Crippen LogP contribution < -0.4 is 4.18 Å². The minimum absolute atomic E-state index is 0.00352. The van der Waals surface area contributed by atoms with E-state index in [4.69, 9.17) is 4.18 Å². The van der Waals surface area contributed by atoms with E-state index >= 15 is 0 Å². The van der Waals surface area contributed by atoms with Crippen LogP contribution in [0.3, 0.4) is 0 Å². The molecule has 1 N–H and O–H groups in total. The molecule has 2 aromatic carbocycles. The first-order valence-corrected chi connectivity index (χ1v) is 7.23. The molecule has 0 spiro atoms. The zero-order valence-corrected chi connectivity index (χ0v) is 11.2. The quantitative estimate of drug-likeness (QED) is 0.848. The van der Waals surface area contributed by atoms with Gasteiger partial charge >= 0.3 is 10.1 Å². The molecule has 0 saturated heterocycles. The molecule has 0 unspecified atom stereocenters. The van der Waals surface area contributed by atoms with Crippen LogP contribution in [0.15, 0.2) is 24.3 Å². The zero-order chi connectivity index (χ0) is 13.5. The molecule has 0 fully saturated rings. The fourth-order valence-electron chi connectivity index (χ4n) is 1.92. The van der Waals surface area contributed by atoms with Gasteiger partial charge in [0.25, 0.3) is 0 Å². The van der Waals surface area contributed by atoms with Crippen molar-refractivity contribution in [2.75, 3.05) is 6.26 Å². The van der Waals surface area contributed by atoms with E-state index in [1.165, 1.54) is 0 Å². The summed E-state index contributed by atoms with van der Waals surface area (Å²) in [5.74, 6) is -0.132. The maximum atomic E-state index is 11.3. The highest BCUT2D eigenvalue weighted by Crippen LogP contribution is 2.40. The fourth-order valence-corrected chi connectivity index (χ4v) is 2.39. The van der Waals surface area contributed by atoms with Crippen molar-refractivity contribution in [3.05, 3.63) is 35.4 Å². The van der Waals surface area contributed by atoms with Crippen LogP contribution in [0.2, 0.25) is 0 Å². The Morgan fingerprint density at radius 3 is 2.17 bits per heavy atom. The molecule has 0 saturated carbocycles. The Balaban J connectivity index is 2.87. The first kappa shape index (κ1) is 12.7. The molecule has 0 radical (unpaired) electrons. The summed E-state index contributed by atoms with van der Waals surface area (Å²) in [6, 6.07) is 7.22. The lowest BCUT2D eigenvalue weighted by atomic mass is 9.99. The van der Waals surface area contributed by atoms with Crippen molar-refractivity contribution in [2.45, 2.75) is 13.8 Å². The monoisotopic (exact) mass is 266 g/mol. The summed E-state index contributed by atoms with van der Waals surface area (Å²) in [5, 5.41) is 11.5. The molecule has 0 aliphatic carbocycles. The van der Waals surface area contributed by atoms with E-state index in [9.17, 15) is 13.5 Å². The molecule has 2 rings (SSSR count). The number of rotatable bonds is 2. The number of hydrogen-bond donors (Lipinski definition) is 1. The van der Waals surface area contributed by atoms with Gasteiger partial charge in [-0.25, -0.2) is 0 Å². The van der Waals surface area contributed by atoms with Crippen LogP contribution in [0, 0.1) is 13.8 Å². The fraction of sp³-hybridized carbons (Fsp3) is 0.231. The largest absolute Gasteiger partial charge is 0.504 e. The minimum atomic E-state index is -3.68. The molecular formula is C13H14O4S. The molecule has 0 atom stereocenters. The summed E-state index contributed by atoms with van der Waals surface area (Å²) in [5.41, 5.74) is 1.52. The number of hydrogen-bond acceptors (Lipinski definition) is 4. The second-order valence-electron chi connectivity index (χ2n) is 4.26. The van der Waals surface area contributed by atoms with E-state index in [-0.39, 0.29) is 11.5 Å². The second kappa shape index (κ2) is 4.17. The molecule has 0 amide bonds. The van der Waals surface area contributed by atoms with Crippen molar-refractivity contribution in [1.29, 1.82) is 0 Å². The SMILES string of the molecule is Cc1c(O)c(OS(C)(=O)=O)c2ccccc2c1C. The number of aryl methyl sites for hydroxylation is 1. The van der Waals surface area contributed by atoms with Crippen molar-refractivity contribution in [1.82, 2.24) is 0 Å². The van der Waals surface area contributed by atoms with Crippen molar-refractivity contribution in [3.8, 4) is 11.5 Å². The zero-order valence-electron chi connectivity index (χ0n) is 10.4. The third-order valence-electron chi connectivity index (χ3n) is 2.94. The summed E-state index contributed by atoms with van der Waals surface area (Å²) >= 11 is 0. The molecular weight excluding hydrogens is 252 g/mol. The van der Waals surface area contributed by atoms with Crippen molar-refractivity contribution in [3.63, 3.8) is 0 Å². The highest BCUT2D eigenvalue weighted by atomic mass is 32.2. The Bertz CT molecular complexity index is 717. The van der Waals surface area contributed by atoms with Crippen LogP contribution in [0.5, 0.6) is 11.5 Å². The van der Waals surface area contributed by atoms with Gasteiger partial charge in [0.15, 0.2) is 11.5 Å². The first-order chi connectivity index (χ1) is 8.31. The average molecular weight is 266 g/mol. The van der Waals surface area contributed by atoms with E-state index in [1.807, 2.05) is 19.1 Å². The third kappa shape index (κ3) is 2.13. The highest BCUT2D eigenvalue weighted by Gasteiger charge is 2.18. The topological polar surface area (TPSA) is 63.6 Å². The van der Waals surface area contributed by atoms with Crippen LogP contribution in [0.25, 0.3) is 10.8 Å². The van der Waals surface area contributed by atoms with Crippen LogP contribution in [-0.4, -0.2) is 19.8 Å². The Labute approximate surface area is 106 Å². The van der Waals surface area contributed by atoms with Crippen LogP contribution >= 0.6 is 0 Å². The molecule has 0 heterocycles. The molecule has 96 valence electrons. The van der Waals surface area contributed by atoms with E-state index in [1.54, 1.807) is 19.1 Å². The van der Waals surface area contributed by atoms with E-state index in [2.05, 4.69) is 0 Å². The number of benzene rings is 2. The lowest BCUT2D eigenvalue weighted by molar-refractivity contribution is 0.430. The van der Waals surface area contributed by atoms with Crippen molar-refractivity contribution in [2.24, 2.45) is 0 Å². The van der Waals surface area contributed by atoms with Gasteiger partial charge in [0, 0.05) is 5.39 Å². The van der Waals surface area contributed by atoms with Crippen molar-refractivity contribution >= 4 is 20.9 Å². The van der Waals surface area contributed by atoms with Gasteiger partial charge < -0.3 is 9.29 Å². The molecule has 0 aliphatic rings. The van der Waals surface area contributed by atoms with Gasteiger partial charge in [-0.15, -0.1) is 0 Å². The van der Waals surface area contributed by atoms with Crippen molar-refractivity contribution < 1.29 is 17.7 Å². The maximum Gasteiger partial charge on any atom is 0.306 e. The molecule has 18 heavy (non-hydrogen) atoms. The third-order valence-corrected chi connectivity index (χ3v) is 3.41. The van der Waals surface area contributed by atoms with Gasteiger partial charge in [0.05, 0.1) is 6.26 Å². The lowest BCUT2D eigenvalue weighted by Crippen LogP contribution is -2.07. The van der Waals surface area contributed by atoms with Crippen LogP contribution in [-0.2, 0) is 10.1 Å². The predicted molar refractivity (Wildman–Crippen MR) is 70.6 cm³/mol. The Morgan fingerprint density at radius 1 is 1.06 bits per heavy atom. The van der Waals surface area contributed by atoms with Crippen LogP contribution in [0.4, 0.5) is 0 Å². The van der Waals surface area contributed by atoms with Gasteiger partial charge in [-0.2, -0.15) is 8.42 Å². The smallest absolute Gasteiger partial charge is 0.306 e. The predicted octanol–water partition coefficient (Wildman–Crippen LogP) is 2.50. The summed E-state index contributed by atoms with van der Waals surface area (Å²) in [6.45, 7) is 3.61. The minimum Gasteiger partial charge on any atom is -0.504 e. The normalized spacial score (nSPS) is 11.7. The Kier molecular flexibility index (Phi) is 2.94. The average Bonchev–Trinajstić information content (AvgIpc) is 2.31. The summed E-state index contributed by atoms with van der Waals surface area (Å²) in [4.78, 5) is 0. The van der Waals surface area contributed by atoms with Gasteiger partial charge in [0.2, 0.25) is 0 Å². The molecule has 0 aliphatic heterocycles. The Morgan fingerprint density at radius 2 is 1.61 bits per heavy atom.